The van der Waals surface area contributed by atoms with E-state index in [1.807, 2.05) is 0 Å². The predicted molar refractivity (Wildman–Crippen MR) is 143 cm³/mol. The van der Waals surface area contributed by atoms with Crippen molar-refractivity contribution < 1.29 is 36.3 Å². The summed E-state index contributed by atoms with van der Waals surface area (Å²) in [5, 5.41) is 7.51. The third-order valence-electron chi connectivity index (χ3n) is 6.38. The second kappa shape index (κ2) is 11.3. The van der Waals surface area contributed by atoms with Crippen LogP contribution in [-0.4, -0.2) is 32.3 Å². The summed E-state index contributed by atoms with van der Waals surface area (Å²) >= 11 is 6.30. The van der Waals surface area contributed by atoms with Crippen LogP contribution in [0.3, 0.4) is 0 Å². The lowest BCUT2D eigenvalue weighted by Gasteiger charge is -2.28. The largest absolute Gasteiger partial charge is 0.416 e. The van der Waals surface area contributed by atoms with E-state index < -0.39 is 59.2 Å². The van der Waals surface area contributed by atoms with Gasteiger partial charge in [-0.3, -0.25) is 14.4 Å². The average molecular weight is 620 g/mol. The number of alkyl halides is 3. The monoisotopic (exact) mass is 619 g/mol. The number of nitrogen functional groups attached to an aromatic ring is 1. The standard InChI is InChI=1S/C27H19ClF5N7O3/c28-18-3-2-15(29)8-17(18)21-22-23(39-25(42)13-5-14(27(31,32)33)7-16(30)6-13)38-24(40(22)11-20(41)37-21)26(43)36-10-12-1-4-19(34)35-9-12/h1-9,21H,10-11H2,(H2,34,35)(H,36,43)(H,37,41)(H,39,42)/t21-/m0/s1. The van der Waals surface area contributed by atoms with Gasteiger partial charge in [0.05, 0.1) is 17.3 Å². The summed E-state index contributed by atoms with van der Waals surface area (Å²) in [4.78, 5) is 47.2. The highest BCUT2D eigenvalue weighted by molar-refractivity contribution is 6.31. The molecule has 5 rings (SSSR count). The molecular weight excluding hydrogens is 601 g/mol. The first-order valence-corrected chi connectivity index (χ1v) is 12.7. The van der Waals surface area contributed by atoms with Crippen LogP contribution in [0, 0.1) is 11.6 Å². The molecule has 0 spiro atoms. The number of rotatable bonds is 6. The Bertz CT molecular complexity index is 1760. The summed E-state index contributed by atoms with van der Waals surface area (Å²) in [6.07, 6.45) is -3.52. The van der Waals surface area contributed by atoms with E-state index in [9.17, 15) is 36.3 Å². The third-order valence-corrected chi connectivity index (χ3v) is 6.72. The second-order valence-electron chi connectivity index (χ2n) is 9.38. The van der Waals surface area contributed by atoms with Crippen molar-refractivity contribution in [3.05, 3.63) is 105 Å². The maximum absolute atomic E-state index is 14.2. The van der Waals surface area contributed by atoms with Crippen molar-refractivity contribution in [2.75, 3.05) is 11.1 Å². The van der Waals surface area contributed by atoms with E-state index in [1.54, 1.807) is 6.07 Å². The molecule has 0 radical (unpaired) electrons. The minimum atomic E-state index is -4.94. The number of hydrogen-bond acceptors (Lipinski definition) is 6. The normalized spacial score (nSPS) is 14.6. The van der Waals surface area contributed by atoms with Crippen molar-refractivity contribution in [2.45, 2.75) is 25.3 Å². The molecule has 1 aliphatic rings. The Hall–Kier alpha value is -5.05. The molecule has 16 heteroatoms. The van der Waals surface area contributed by atoms with Crippen molar-refractivity contribution in [1.29, 1.82) is 0 Å². The summed E-state index contributed by atoms with van der Waals surface area (Å²) in [5.41, 5.74) is 4.04. The molecule has 10 nitrogen and oxygen atoms in total. The predicted octanol–water partition coefficient (Wildman–Crippen LogP) is 4.21. The van der Waals surface area contributed by atoms with Crippen LogP contribution in [0.4, 0.5) is 33.6 Å². The van der Waals surface area contributed by atoms with Crippen molar-refractivity contribution in [2.24, 2.45) is 0 Å². The molecule has 3 heterocycles. The SMILES string of the molecule is Nc1ccc(CNC(=O)c2nc(NC(=O)c3cc(F)cc(C(F)(F)F)c3)c3n2CC(=O)N[C@H]3c2cc(F)ccc2Cl)cn1. The summed E-state index contributed by atoms with van der Waals surface area (Å²) in [5.74, 6) is -5.14. The van der Waals surface area contributed by atoms with Crippen LogP contribution in [0.15, 0.2) is 54.7 Å². The minimum absolute atomic E-state index is 0.0143. The molecule has 0 saturated carbocycles. The quantitative estimate of drug-likeness (QED) is 0.238. The Balaban J connectivity index is 1.57. The van der Waals surface area contributed by atoms with Gasteiger partial charge in [0.15, 0.2) is 5.82 Å². The van der Waals surface area contributed by atoms with E-state index >= 15 is 0 Å². The number of benzene rings is 2. The van der Waals surface area contributed by atoms with E-state index in [0.717, 1.165) is 16.7 Å². The molecule has 1 aliphatic heterocycles. The van der Waals surface area contributed by atoms with Crippen LogP contribution in [0.2, 0.25) is 5.02 Å². The van der Waals surface area contributed by atoms with E-state index in [0.29, 0.717) is 17.7 Å². The smallest absolute Gasteiger partial charge is 0.384 e. The minimum Gasteiger partial charge on any atom is -0.384 e. The van der Waals surface area contributed by atoms with Crippen LogP contribution in [-0.2, 0) is 24.1 Å². The average Bonchev–Trinajstić information content (AvgIpc) is 3.30. The Morgan fingerprint density at radius 3 is 2.53 bits per heavy atom. The van der Waals surface area contributed by atoms with Gasteiger partial charge in [0, 0.05) is 28.9 Å². The van der Waals surface area contributed by atoms with Crippen molar-refractivity contribution in [3.63, 3.8) is 0 Å². The number of fused-ring (bicyclic) bond motifs is 1. The van der Waals surface area contributed by atoms with Gasteiger partial charge in [0.1, 0.15) is 24.0 Å². The fourth-order valence-electron chi connectivity index (χ4n) is 4.43. The fourth-order valence-corrected chi connectivity index (χ4v) is 4.66. The van der Waals surface area contributed by atoms with Gasteiger partial charge in [0.25, 0.3) is 11.8 Å². The molecule has 2 aromatic heterocycles. The van der Waals surface area contributed by atoms with E-state index in [2.05, 4.69) is 25.9 Å². The Labute approximate surface area is 244 Å². The molecule has 1 atom stereocenters. The van der Waals surface area contributed by atoms with Gasteiger partial charge in [0.2, 0.25) is 11.7 Å². The van der Waals surface area contributed by atoms with E-state index in [1.165, 1.54) is 18.3 Å². The number of aromatic nitrogens is 3. The fraction of sp³-hybridized carbons (Fsp3) is 0.148. The Morgan fingerprint density at radius 1 is 1.07 bits per heavy atom. The first kappa shape index (κ1) is 29.4. The molecule has 3 amide bonds. The molecule has 0 aliphatic carbocycles. The second-order valence-corrected chi connectivity index (χ2v) is 9.78. The van der Waals surface area contributed by atoms with Gasteiger partial charge < -0.3 is 26.3 Å². The Kier molecular flexibility index (Phi) is 7.75. The van der Waals surface area contributed by atoms with Crippen molar-refractivity contribution >= 4 is 41.0 Å². The number of imidazole rings is 1. The van der Waals surface area contributed by atoms with Gasteiger partial charge >= 0.3 is 6.18 Å². The summed E-state index contributed by atoms with van der Waals surface area (Å²) in [6, 6.07) is 6.45. The summed E-state index contributed by atoms with van der Waals surface area (Å²) < 4.78 is 69.2. The van der Waals surface area contributed by atoms with Gasteiger partial charge in [-0.15, -0.1) is 0 Å². The number of carbonyl (C=O) groups is 3. The van der Waals surface area contributed by atoms with Crippen LogP contribution in [0.5, 0.6) is 0 Å². The first-order valence-electron chi connectivity index (χ1n) is 12.3. The summed E-state index contributed by atoms with van der Waals surface area (Å²) in [7, 11) is 0. The topological polar surface area (TPSA) is 144 Å². The molecule has 2 aromatic carbocycles. The molecule has 43 heavy (non-hydrogen) atoms. The lowest BCUT2D eigenvalue weighted by molar-refractivity contribution is -0.137. The van der Waals surface area contributed by atoms with Crippen LogP contribution in [0.1, 0.15) is 49.4 Å². The van der Waals surface area contributed by atoms with Gasteiger partial charge in [-0.2, -0.15) is 13.2 Å². The highest BCUT2D eigenvalue weighted by Gasteiger charge is 2.37. The van der Waals surface area contributed by atoms with Gasteiger partial charge in [-0.05, 0) is 48.0 Å². The molecule has 222 valence electrons. The molecule has 0 fully saturated rings. The zero-order chi connectivity index (χ0) is 31.1. The van der Waals surface area contributed by atoms with E-state index in [-0.39, 0.29) is 46.4 Å². The molecule has 0 saturated heterocycles. The number of nitrogens with one attached hydrogen (secondary N) is 3. The van der Waals surface area contributed by atoms with Gasteiger partial charge in [-0.1, -0.05) is 17.7 Å². The Morgan fingerprint density at radius 2 is 1.84 bits per heavy atom. The number of nitrogens with zero attached hydrogens (tertiary/aromatic N) is 3. The molecule has 4 aromatic rings. The summed E-state index contributed by atoms with van der Waals surface area (Å²) in [6.45, 7) is -0.503. The number of hydrogen-bond donors (Lipinski definition) is 4. The molecular formula is C27H19ClF5N7O3. The van der Waals surface area contributed by atoms with Crippen LogP contribution >= 0.6 is 11.6 Å². The third kappa shape index (κ3) is 6.25. The van der Waals surface area contributed by atoms with Crippen molar-refractivity contribution in [1.82, 2.24) is 25.2 Å². The highest BCUT2D eigenvalue weighted by Crippen LogP contribution is 2.36. The van der Waals surface area contributed by atoms with Crippen molar-refractivity contribution in [3.8, 4) is 0 Å². The zero-order valence-electron chi connectivity index (χ0n) is 21.6. The first-order chi connectivity index (χ1) is 20.3. The highest BCUT2D eigenvalue weighted by atomic mass is 35.5. The number of halogens is 6. The molecule has 5 N–H and O–H groups in total. The van der Waals surface area contributed by atoms with Crippen LogP contribution in [0.25, 0.3) is 0 Å². The lowest BCUT2D eigenvalue weighted by atomic mass is 10.0. The van der Waals surface area contributed by atoms with Gasteiger partial charge in [-0.25, -0.2) is 18.7 Å². The lowest BCUT2D eigenvalue weighted by Crippen LogP contribution is -2.41. The maximum atomic E-state index is 14.2. The number of carbonyl (C=O) groups excluding carboxylic acids is 3. The van der Waals surface area contributed by atoms with Crippen LogP contribution < -0.4 is 21.7 Å². The number of nitrogens with two attached hydrogens (primary N) is 1. The molecule has 0 unspecified atom stereocenters. The number of anilines is 2. The number of amides is 3. The number of pyridine rings is 1. The zero-order valence-corrected chi connectivity index (χ0v) is 22.4. The maximum Gasteiger partial charge on any atom is 0.416 e. The molecule has 0 bridgehead atoms. The van der Waals surface area contributed by atoms with E-state index in [4.69, 9.17) is 17.3 Å².